The van der Waals surface area contributed by atoms with E-state index >= 15 is 0 Å². The molecule has 0 unspecified atom stereocenters. The minimum Gasteiger partial charge on any atom is -0.336 e. The Bertz CT molecular complexity index is 848. The predicted octanol–water partition coefficient (Wildman–Crippen LogP) is 3.39. The van der Waals surface area contributed by atoms with E-state index in [0.29, 0.717) is 12.5 Å². The summed E-state index contributed by atoms with van der Waals surface area (Å²) in [6, 6.07) is 9.54. The summed E-state index contributed by atoms with van der Waals surface area (Å²) < 4.78 is 0. The van der Waals surface area contributed by atoms with Crippen molar-refractivity contribution in [1.82, 2.24) is 14.8 Å². The molecule has 0 spiro atoms. The van der Waals surface area contributed by atoms with Crippen LogP contribution in [0.4, 0.5) is 0 Å². The third-order valence-electron chi connectivity index (χ3n) is 5.62. The van der Waals surface area contributed by atoms with Crippen molar-refractivity contribution in [3.63, 3.8) is 0 Å². The molecule has 2 aromatic rings. The third kappa shape index (κ3) is 3.50. The summed E-state index contributed by atoms with van der Waals surface area (Å²) in [6.07, 6.45) is 2.90. The molecule has 5 nitrogen and oxygen atoms in total. The van der Waals surface area contributed by atoms with Crippen LogP contribution in [0.1, 0.15) is 50.5 Å². The van der Waals surface area contributed by atoms with Gasteiger partial charge in [0.1, 0.15) is 4.88 Å². The molecule has 0 radical (unpaired) electrons. The molecule has 0 saturated carbocycles. The molecule has 0 N–H and O–H groups in total. The lowest BCUT2D eigenvalue weighted by Gasteiger charge is -2.35. The molecule has 1 aromatic heterocycles. The normalized spacial score (nSPS) is 22.0. The van der Waals surface area contributed by atoms with E-state index in [0.717, 1.165) is 53.5 Å². The molecule has 3 saturated heterocycles. The van der Waals surface area contributed by atoms with Gasteiger partial charge in [0.2, 0.25) is 0 Å². The lowest BCUT2D eigenvalue weighted by atomic mass is 9.95. The van der Waals surface area contributed by atoms with Crippen LogP contribution in [0.2, 0.25) is 0 Å². The standard InChI is InChI=1S/C21H25N3O2S/c1-3-18-22-14(2)19(27-18)21(26)24-12-15-9-10-17(24)13-23(11-15)20(25)16-7-5-4-6-8-16/h4-8,15,17H,3,9-13H2,1-2H3/t15-,17+/m0/s1. The molecular weight excluding hydrogens is 358 g/mol. The molecule has 3 aliphatic heterocycles. The number of rotatable bonds is 3. The van der Waals surface area contributed by atoms with Gasteiger partial charge in [0.25, 0.3) is 11.8 Å². The van der Waals surface area contributed by atoms with Crippen LogP contribution in [0.5, 0.6) is 0 Å². The SMILES string of the molecule is CCc1nc(C)c(C(=O)N2C[C@H]3CC[C@@H]2CN(C(=O)c2ccccc2)C3)s1. The molecule has 3 aliphatic rings. The first-order valence-electron chi connectivity index (χ1n) is 9.68. The van der Waals surface area contributed by atoms with Gasteiger partial charge in [0, 0.05) is 31.2 Å². The first-order valence-corrected chi connectivity index (χ1v) is 10.5. The predicted molar refractivity (Wildman–Crippen MR) is 106 cm³/mol. The summed E-state index contributed by atoms with van der Waals surface area (Å²) in [4.78, 5) is 35.4. The van der Waals surface area contributed by atoms with Crippen LogP contribution in [0.25, 0.3) is 0 Å². The smallest absolute Gasteiger partial charge is 0.266 e. The number of carbonyl (C=O) groups excluding carboxylic acids is 2. The molecular formula is C21H25N3O2S. The minimum atomic E-state index is 0.0732. The van der Waals surface area contributed by atoms with Crippen molar-refractivity contribution in [2.24, 2.45) is 5.92 Å². The maximum atomic E-state index is 13.2. The molecule has 6 heteroatoms. The Morgan fingerprint density at radius 1 is 1.11 bits per heavy atom. The minimum absolute atomic E-state index is 0.0732. The van der Waals surface area contributed by atoms with Crippen LogP contribution in [-0.2, 0) is 6.42 Å². The maximum absolute atomic E-state index is 13.2. The van der Waals surface area contributed by atoms with Gasteiger partial charge in [-0.05, 0) is 44.2 Å². The monoisotopic (exact) mass is 383 g/mol. The van der Waals surface area contributed by atoms with E-state index in [2.05, 4.69) is 11.9 Å². The topological polar surface area (TPSA) is 53.5 Å². The van der Waals surface area contributed by atoms with E-state index in [1.807, 2.05) is 47.1 Å². The molecule has 2 atom stereocenters. The van der Waals surface area contributed by atoms with Crippen LogP contribution in [0.15, 0.2) is 30.3 Å². The summed E-state index contributed by atoms with van der Waals surface area (Å²) in [5.74, 6) is 0.511. The summed E-state index contributed by atoms with van der Waals surface area (Å²) in [6.45, 7) is 6.07. The highest BCUT2D eigenvalue weighted by molar-refractivity contribution is 7.13. The van der Waals surface area contributed by atoms with Gasteiger partial charge in [-0.15, -0.1) is 11.3 Å². The van der Waals surface area contributed by atoms with Gasteiger partial charge in [-0.1, -0.05) is 25.1 Å². The zero-order valence-corrected chi connectivity index (χ0v) is 16.7. The number of thiazole rings is 1. The Balaban J connectivity index is 1.55. The lowest BCUT2D eigenvalue weighted by molar-refractivity contribution is 0.0578. The summed E-state index contributed by atoms with van der Waals surface area (Å²) in [5.41, 5.74) is 1.56. The largest absolute Gasteiger partial charge is 0.336 e. The Labute approximate surface area is 164 Å². The number of hydrogen-bond donors (Lipinski definition) is 0. The number of benzene rings is 1. The average molecular weight is 384 g/mol. The second kappa shape index (κ2) is 7.43. The second-order valence-corrected chi connectivity index (χ2v) is 8.59. The van der Waals surface area contributed by atoms with Gasteiger partial charge < -0.3 is 9.80 Å². The zero-order valence-electron chi connectivity index (χ0n) is 15.9. The van der Waals surface area contributed by atoms with E-state index < -0.39 is 0 Å². The number of carbonyl (C=O) groups is 2. The second-order valence-electron chi connectivity index (χ2n) is 7.51. The van der Waals surface area contributed by atoms with E-state index in [1.165, 1.54) is 11.3 Å². The lowest BCUT2D eigenvalue weighted by Crippen LogP contribution is -2.47. The summed E-state index contributed by atoms with van der Waals surface area (Å²) >= 11 is 1.52. The van der Waals surface area contributed by atoms with Gasteiger partial charge in [-0.2, -0.15) is 0 Å². The van der Waals surface area contributed by atoms with Crippen LogP contribution >= 0.6 is 11.3 Å². The quantitative estimate of drug-likeness (QED) is 0.816. The molecule has 0 aliphatic carbocycles. The van der Waals surface area contributed by atoms with Gasteiger partial charge in [-0.25, -0.2) is 4.98 Å². The van der Waals surface area contributed by atoms with Crippen molar-refractivity contribution in [2.75, 3.05) is 19.6 Å². The van der Waals surface area contributed by atoms with Crippen molar-refractivity contribution < 1.29 is 9.59 Å². The summed E-state index contributed by atoms with van der Waals surface area (Å²) in [7, 11) is 0. The van der Waals surface area contributed by atoms with Gasteiger partial charge in [-0.3, -0.25) is 9.59 Å². The van der Waals surface area contributed by atoms with Crippen molar-refractivity contribution >= 4 is 23.2 Å². The number of piperidine rings is 1. The Morgan fingerprint density at radius 2 is 1.89 bits per heavy atom. The first kappa shape index (κ1) is 18.2. The van der Waals surface area contributed by atoms with Crippen LogP contribution in [-0.4, -0.2) is 52.3 Å². The highest BCUT2D eigenvalue weighted by Crippen LogP contribution is 2.31. The van der Waals surface area contributed by atoms with Gasteiger partial charge in [0.15, 0.2) is 0 Å². The third-order valence-corrected chi connectivity index (χ3v) is 6.91. The van der Waals surface area contributed by atoms with E-state index in [1.54, 1.807) is 0 Å². The fourth-order valence-electron chi connectivity index (χ4n) is 4.19. The average Bonchev–Trinajstić information content (AvgIpc) is 2.86. The van der Waals surface area contributed by atoms with E-state index in [9.17, 15) is 9.59 Å². The van der Waals surface area contributed by atoms with E-state index in [4.69, 9.17) is 0 Å². The molecule has 2 amide bonds. The zero-order chi connectivity index (χ0) is 19.0. The number of aromatic nitrogens is 1. The number of aryl methyl sites for hydroxylation is 2. The molecule has 4 heterocycles. The Hall–Kier alpha value is -2.21. The maximum Gasteiger partial charge on any atom is 0.266 e. The van der Waals surface area contributed by atoms with Crippen molar-refractivity contribution in [3.8, 4) is 0 Å². The van der Waals surface area contributed by atoms with Crippen LogP contribution in [0.3, 0.4) is 0 Å². The molecule has 5 rings (SSSR count). The van der Waals surface area contributed by atoms with E-state index in [-0.39, 0.29) is 17.9 Å². The summed E-state index contributed by atoms with van der Waals surface area (Å²) in [5, 5.41) is 1.01. The molecule has 2 bridgehead atoms. The number of amides is 2. The van der Waals surface area contributed by atoms with Crippen molar-refractivity contribution in [3.05, 3.63) is 51.5 Å². The molecule has 142 valence electrons. The highest BCUT2D eigenvalue weighted by atomic mass is 32.1. The van der Waals surface area contributed by atoms with Crippen LogP contribution < -0.4 is 0 Å². The fraction of sp³-hybridized carbons (Fsp3) is 0.476. The first-order chi connectivity index (χ1) is 13.1. The number of nitrogens with zero attached hydrogens (tertiary/aromatic N) is 3. The van der Waals surface area contributed by atoms with Gasteiger partial charge in [0.05, 0.1) is 10.7 Å². The highest BCUT2D eigenvalue weighted by Gasteiger charge is 2.39. The van der Waals surface area contributed by atoms with Crippen molar-refractivity contribution in [2.45, 2.75) is 39.2 Å². The van der Waals surface area contributed by atoms with Gasteiger partial charge >= 0.3 is 0 Å². The molecule has 3 fully saturated rings. The fourth-order valence-corrected chi connectivity index (χ4v) is 5.15. The molecule has 27 heavy (non-hydrogen) atoms. The Morgan fingerprint density at radius 3 is 2.59 bits per heavy atom. The van der Waals surface area contributed by atoms with Crippen LogP contribution in [0, 0.1) is 12.8 Å². The molecule has 1 aromatic carbocycles. The number of fused-ring (bicyclic) bond motifs is 4. The number of hydrogen-bond acceptors (Lipinski definition) is 4. The Kier molecular flexibility index (Phi) is 5.00. The van der Waals surface area contributed by atoms with Crippen molar-refractivity contribution in [1.29, 1.82) is 0 Å².